The number of nitrogens with one attached hydrogen (secondary N) is 1. The van der Waals surface area contributed by atoms with Gasteiger partial charge in [0.1, 0.15) is 0 Å². The van der Waals surface area contributed by atoms with Crippen LogP contribution in [-0.4, -0.2) is 18.7 Å². The number of hydrogen-bond acceptors (Lipinski definition) is 4. The summed E-state index contributed by atoms with van der Waals surface area (Å²) in [6.07, 6.45) is -6.73. The molecule has 0 atom stereocenters. The second-order valence-corrected chi connectivity index (χ2v) is 9.40. The number of aromatic nitrogens is 4. The van der Waals surface area contributed by atoms with E-state index in [4.69, 9.17) is 0 Å². The van der Waals surface area contributed by atoms with Crippen molar-refractivity contribution < 1.29 is 26.3 Å². The summed E-state index contributed by atoms with van der Waals surface area (Å²) in [7, 11) is 1.25. The predicted molar refractivity (Wildman–Crippen MR) is 135 cm³/mol. The summed E-state index contributed by atoms with van der Waals surface area (Å²) < 4.78 is 78.5. The van der Waals surface area contributed by atoms with Gasteiger partial charge in [-0.05, 0) is 68.3 Å². The highest BCUT2D eigenvalue weighted by atomic mass is 79.9. The zero-order chi connectivity index (χ0) is 29.3. The van der Waals surface area contributed by atoms with Gasteiger partial charge in [0.15, 0.2) is 0 Å². The van der Waals surface area contributed by atoms with Crippen LogP contribution in [0.2, 0.25) is 0 Å². The average molecular weight is 684 g/mol. The van der Waals surface area contributed by atoms with Crippen molar-refractivity contribution in [2.24, 2.45) is 7.05 Å². The van der Waals surface area contributed by atoms with E-state index in [2.05, 4.69) is 31.9 Å². The molecule has 2 aromatic heterocycles. The Labute approximate surface area is 230 Å². The first-order chi connectivity index (χ1) is 18.0. The number of benzene rings is 2. The topological polar surface area (TPSA) is 98.9 Å². The second kappa shape index (κ2) is 11.2. The Bertz CT molecular complexity index is 1770. The molecule has 0 radical (unpaired) electrons. The first-order valence-electron chi connectivity index (χ1n) is 10.4. The van der Waals surface area contributed by atoms with E-state index in [1.54, 1.807) is 0 Å². The van der Waals surface area contributed by atoms with Gasteiger partial charge >= 0.3 is 23.7 Å². The number of nitrogens with zero attached hydrogens (tertiary/aromatic N) is 3. The van der Waals surface area contributed by atoms with E-state index in [0.29, 0.717) is 0 Å². The SMILES string of the molecule is Cn1c(=O)c(Br)cn(-c2cccc(C(F)(F)F)c2)c1=O.O=c1[nH]c(=O)n(-c2cccc(C(F)(F)F)c2)cc1Br. The van der Waals surface area contributed by atoms with E-state index in [1.165, 1.54) is 31.3 Å². The maximum absolute atomic E-state index is 12.7. The normalized spacial score (nSPS) is 11.6. The fourth-order valence-corrected chi connectivity index (χ4v) is 3.90. The molecule has 0 unspecified atom stereocenters. The molecule has 0 spiro atoms. The van der Waals surface area contributed by atoms with Gasteiger partial charge in [-0.15, -0.1) is 0 Å². The lowest BCUT2D eigenvalue weighted by atomic mass is 10.2. The molecule has 0 aliphatic carbocycles. The molecule has 16 heteroatoms. The third-order valence-corrected chi connectivity index (χ3v) is 6.16. The molecule has 0 saturated heterocycles. The number of rotatable bonds is 2. The first-order valence-corrected chi connectivity index (χ1v) is 11.9. The maximum Gasteiger partial charge on any atom is 0.416 e. The summed E-state index contributed by atoms with van der Waals surface area (Å²) in [4.78, 5) is 48.1. The number of aromatic amines is 1. The van der Waals surface area contributed by atoms with Crippen LogP contribution in [0.15, 0.2) is 89.0 Å². The molecule has 0 aliphatic rings. The summed E-state index contributed by atoms with van der Waals surface area (Å²) >= 11 is 5.88. The van der Waals surface area contributed by atoms with Crippen molar-refractivity contribution in [2.75, 3.05) is 0 Å². The first kappa shape index (κ1) is 29.9. The second-order valence-electron chi connectivity index (χ2n) is 7.70. The van der Waals surface area contributed by atoms with Crippen molar-refractivity contribution in [2.45, 2.75) is 12.4 Å². The summed E-state index contributed by atoms with van der Waals surface area (Å²) in [6.45, 7) is 0. The van der Waals surface area contributed by atoms with Crippen molar-refractivity contribution in [3.63, 3.8) is 0 Å². The van der Waals surface area contributed by atoms with Crippen molar-refractivity contribution in [1.82, 2.24) is 18.7 Å². The number of hydrogen-bond donors (Lipinski definition) is 1. The Morgan fingerprint density at radius 2 is 1.18 bits per heavy atom. The van der Waals surface area contributed by atoms with Gasteiger partial charge in [-0.3, -0.25) is 28.3 Å². The highest BCUT2D eigenvalue weighted by molar-refractivity contribution is 9.10. The Balaban J connectivity index is 0.000000216. The van der Waals surface area contributed by atoms with Gasteiger partial charge in [-0.25, -0.2) is 9.59 Å². The molecule has 4 rings (SSSR count). The van der Waals surface area contributed by atoms with Crippen LogP contribution in [0.4, 0.5) is 26.3 Å². The van der Waals surface area contributed by atoms with Crippen molar-refractivity contribution in [1.29, 1.82) is 0 Å². The molecular weight excluding hydrogens is 670 g/mol. The molecule has 0 aliphatic heterocycles. The Kier molecular flexibility index (Phi) is 8.60. The lowest BCUT2D eigenvalue weighted by Crippen LogP contribution is -2.37. The van der Waals surface area contributed by atoms with Crippen LogP contribution in [0.3, 0.4) is 0 Å². The highest BCUT2D eigenvalue weighted by Gasteiger charge is 2.31. The average Bonchev–Trinajstić information content (AvgIpc) is 2.86. The minimum atomic E-state index is -4.50. The van der Waals surface area contributed by atoms with Crippen LogP contribution < -0.4 is 22.5 Å². The quantitative estimate of drug-likeness (QED) is 0.312. The molecule has 2 aromatic carbocycles. The highest BCUT2D eigenvalue weighted by Crippen LogP contribution is 2.31. The Morgan fingerprint density at radius 1 is 0.718 bits per heavy atom. The van der Waals surface area contributed by atoms with E-state index in [0.717, 1.165) is 50.4 Å². The van der Waals surface area contributed by atoms with Gasteiger partial charge in [-0.2, -0.15) is 26.3 Å². The largest absolute Gasteiger partial charge is 0.416 e. The Morgan fingerprint density at radius 3 is 1.67 bits per heavy atom. The van der Waals surface area contributed by atoms with Crippen LogP contribution in [0.1, 0.15) is 11.1 Å². The third-order valence-electron chi connectivity index (χ3n) is 5.05. The van der Waals surface area contributed by atoms with Crippen LogP contribution in [-0.2, 0) is 19.4 Å². The van der Waals surface area contributed by atoms with Crippen molar-refractivity contribution in [3.8, 4) is 11.4 Å². The molecule has 0 bridgehead atoms. The van der Waals surface area contributed by atoms with Gasteiger partial charge < -0.3 is 0 Å². The summed E-state index contributed by atoms with van der Waals surface area (Å²) in [6, 6.07) is 8.55. The molecule has 2 heterocycles. The zero-order valence-electron chi connectivity index (χ0n) is 19.3. The lowest BCUT2D eigenvalue weighted by molar-refractivity contribution is -0.138. The molecule has 8 nitrogen and oxygen atoms in total. The zero-order valence-corrected chi connectivity index (χ0v) is 22.4. The number of halogens is 8. The van der Waals surface area contributed by atoms with Crippen LogP contribution >= 0.6 is 31.9 Å². The molecule has 1 N–H and O–H groups in total. The van der Waals surface area contributed by atoms with Crippen molar-refractivity contribution >= 4 is 31.9 Å². The summed E-state index contributed by atoms with van der Waals surface area (Å²) in [5, 5.41) is 0. The molecule has 0 fully saturated rings. The van der Waals surface area contributed by atoms with Crippen LogP contribution in [0.25, 0.3) is 11.4 Å². The fourth-order valence-electron chi connectivity index (χ4n) is 3.12. The van der Waals surface area contributed by atoms with E-state index in [-0.39, 0.29) is 20.3 Å². The lowest BCUT2D eigenvalue weighted by Gasteiger charge is -2.11. The van der Waals surface area contributed by atoms with Gasteiger partial charge in [0.2, 0.25) is 0 Å². The number of alkyl halides is 6. The van der Waals surface area contributed by atoms with Gasteiger partial charge in [0, 0.05) is 19.4 Å². The molecule has 206 valence electrons. The van der Waals surface area contributed by atoms with E-state index in [9.17, 15) is 45.5 Å². The molecule has 4 aromatic rings. The summed E-state index contributed by atoms with van der Waals surface area (Å²) in [5.41, 5.74) is -4.44. The minimum Gasteiger partial charge on any atom is -0.273 e. The third kappa shape index (κ3) is 6.86. The van der Waals surface area contributed by atoms with Gasteiger partial charge in [-0.1, -0.05) is 12.1 Å². The molecule has 0 saturated carbocycles. The molecule has 39 heavy (non-hydrogen) atoms. The fraction of sp³-hybridized carbons (Fsp3) is 0.130. The summed E-state index contributed by atoms with van der Waals surface area (Å²) in [5.74, 6) is 0. The minimum absolute atomic E-state index is 0.0109. The van der Waals surface area contributed by atoms with Crippen LogP contribution in [0, 0.1) is 0 Å². The molecular formula is C23H14Br2F6N4O4. The van der Waals surface area contributed by atoms with E-state index < -0.39 is 46.0 Å². The van der Waals surface area contributed by atoms with Crippen LogP contribution in [0.5, 0.6) is 0 Å². The Hall–Kier alpha value is -3.66. The predicted octanol–water partition coefficient (Wildman–Crippen LogP) is 4.62. The monoisotopic (exact) mass is 682 g/mol. The molecule has 0 amide bonds. The standard InChI is InChI=1S/C12H8BrF3N2O2.C11H6BrF3N2O2/c1-17-10(19)9(13)6-18(11(17)20)8-4-2-3-7(5-8)12(14,15)16;12-8-5-17(10(19)16-9(8)18)7-3-1-2-6(4-7)11(13,14)15/h2-6H,1H3;1-5H,(H,16,18,19). The smallest absolute Gasteiger partial charge is 0.273 e. The van der Waals surface area contributed by atoms with Gasteiger partial charge in [0.05, 0.1) is 31.4 Å². The van der Waals surface area contributed by atoms with E-state index >= 15 is 0 Å². The van der Waals surface area contributed by atoms with E-state index in [1.807, 2.05) is 4.98 Å². The maximum atomic E-state index is 12.7. The van der Waals surface area contributed by atoms with Gasteiger partial charge in [0.25, 0.3) is 11.1 Å². The van der Waals surface area contributed by atoms with Crippen molar-refractivity contribution in [3.05, 3.63) is 123 Å². The number of H-pyrrole nitrogens is 1.